The quantitative estimate of drug-likeness (QED) is 0.291. The fourth-order valence-corrected chi connectivity index (χ4v) is 6.36. The van der Waals surface area contributed by atoms with Crippen molar-refractivity contribution in [2.24, 2.45) is 5.92 Å². The van der Waals surface area contributed by atoms with Gasteiger partial charge in [-0.1, -0.05) is 31.2 Å². The predicted octanol–water partition coefficient (Wildman–Crippen LogP) is 4.87. The summed E-state index contributed by atoms with van der Waals surface area (Å²) < 4.78 is 74.8. The van der Waals surface area contributed by atoms with Gasteiger partial charge < -0.3 is 19.4 Å². The third-order valence-corrected chi connectivity index (χ3v) is 8.29. The molecule has 3 aromatic rings. The molecule has 0 saturated carbocycles. The number of carbonyl (C=O) groups is 1. The van der Waals surface area contributed by atoms with Gasteiger partial charge in [0.1, 0.15) is 25.1 Å². The molecule has 1 aliphatic rings. The number of nitrogens with zero attached hydrogens (tertiary/aromatic N) is 4. The Hall–Kier alpha value is -2.75. The van der Waals surface area contributed by atoms with Crippen molar-refractivity contribution in [3.63, 3.8) is 0 Å². The number of ether oxygens (including phenoxy) is 2. The number of carbonyl (C=O) groups excluding carboxylic acids is 1. The summed E-state index contributed by atoms with van der Waals surface area (Å²) in [6.45, 7) is 1.74. The van der Waals surface area contributed by atoms with E-state index in [1.165, 1.54) is 19.8 Å². The van der Waals surface area contributed by atoms with E-state index in [1.807, 2.05) is 0 Å². The van der Waals surface area contributed by atoms with Crippen LogP contribution < -0.4 is 5.32 Å². The lowest BCUT2D eigenvalue weighted by Crippen LogP contribution is -2.26. The summed E-state index contributed by atoms with van der Waals surface area (Å²) in [4.78, 5) is 25.5. The van der Waals surface area contributed by atoms with Gasteiger partial charge in [0.25, 0.3) is 5.91 Å². The summed E-state index contributed by atoms with van der Waals surface area (Å²) in [5.41, 5.74) is 1.04. The average molecular weight is 581 g/mol. The van der Waals surface area contributed by atoms with Gasteiger partial charge in [-0.25, -0.2) is 24.1 Å². The van der Waals surface area contributed by atoms with E-state index in [2.05, 4.69) is 20.3 Å². The Labute approximate surface area is 223 Å². The van der Waals surface area contributed by atoms with Crippen molar-refractivity contribution >= 4 is 47.4 Å². The predicted molar refractivity (Wildman–Crippen MR) is 137 cm³/mol. The number of hydrogen-bond donors (Lipinski definition) is 1. The summed E-state index contributed by atoms with van der Waals surface area (Å²) in [5.74, 6) is -1.34. The normalized spacial score (nSPS) is 24.6. The smallest absolute Gasteiger partial charge is 0.327 e. The van der Waals surface area contributed by atoms with Crippen LogP contribution in [0.15, 0.2) is 54.8 Å². The molecule has 1 aromatic carbocycles. The average Bonchev–Trinajstić information content (AvgIpc) is 3.55. The second-order valence-electron chi connectivity index (χ2n) is 8.18. The second-order valence-corrected chi connectivity index (χ2v) is 11.5. The zero-order chi connectivity index (χ0) is 28.9. The van der Waals surface area contributed by atoms with Crippen molar-refractivity contribution < 1.29 is 39.8 Å². The SMILES string of the molecule is [2H]/C(=C(/[2H])P(=O)(COP=O)COP=O)[C@H]1O[C@@H](n2cnc3c(NC(=O)c4ccccc4)ncnc32)[C@H](OC)[C@@H]1C. The van der Waals surface area contributed by atoms with E-state index in [0.29, 0.717) is 11.2 Å². The Morgan fingerprint density at radius 2 is 1.92 bits per heavy atom. The number of amides is 1. The highest BCUT2D eigenvalue weighted by Gasteiger charge is 2.43. The van der Waals surface area contributed by atoms with Crippen LogP contribution in [0.5, 0.6) is 0 Å². The molecule has 0 spiro atoms. The van der Waals surface area contributed by atoms with Crippen LogP contribution in [0.4, 0.5) is 5.82 Å². The van der Waals surface area contributed by atoms with Crippen molar-refractivity contribution in [3.05, 3.63) is 60.4 Å². The molecule has 38 heavy (non-hydrogen) atoms. The van der Waals surface area contributed by atoms with Crippen molar-refractivity contribution in [1.29, 1.82) is 0 Å². The van der Waals surface area contributed by atoms with E-state index in [4.69, 9.17) is 21.3 Å². The van der Waals surface area contributed by atoms with Gasteiger partial charge in [0.05, 0.1) is 15.2 Å². The lowest BCUT2D eigenvalue weighted by atomic mass is 10.0. The van der Waals surface area contributed by atoms with E-state index in [0.717, 1.165) is 0 Å². The van der Waals surface area contributed by atoms with Gasteiger partial charge in [-0.05, 0) is 17.9 Å². The molecule has 16 heteroatoms. The number of rotatable bonds is 12. The topological polar surface area (TPSA) is 161 Å². The Kier molecular flexibility index (Phi) is 8.64. The van der Waals surface area contributed by atoms with Gasteiger partial charge in [0.15, 0.2) is 30.4 Å². The minimum Gasteiger partial charge on any atom is -0.376 e. The molecule has 1 aliphatic heterocycles. The lowest BCUT2D eigenvalue weighted by Gasteiger charge is -2.20. The minimum atomic E-state index is -3.87. The number of hydrogen-bond acceptors (Lipinski definition) is 11. The zero-order valence-electron chi connectivity index (χ0n) is 22.2. The number of imidazole rings is 1. The zero-order valence-corrected chi connectivity index (χ0v) is 22.8. The number of benzene rings is 1. The number of anilines is 1. The van der Waals surface area contributed by atoms with E-state index >= 15 is 0 Å². The summed E-state index contributed by atoms with van der Waals surface area (Å²) in [6, 6.07) is 8.17. The summed E-state index contributed by atoms with van der Waals surface area (Å²) in [7, 11) is -3.95. The molecule has 4 rings (SSSR count). The molecule has 2 aromatic heterocycles. The first-order chi connectivity index (χ1) is 19.3. The summed E-state index contributed by atoms with van der Waals surface area (Å²) in [5, 5.41) is 2.73. The van der Waals surface area contributed by atoms with Crippen molar-refractivity contribution in [1.82, 2.24) is 19.5 Å². The summed E-state index contributed by atoms with van der Waals surface area (Å²) >= 11 is 0. The number of methoxy groups -OCH3 is 1. The fraction of sp³-hybridized carbons (Fsp3) is 0.364. The molecule has 1 N–H and O–H groups in total. The molecule has 0 radical (unpaired) electrons. The number of aromatic nitrogens is 4. The molecular formula is C22H24N5O8P3. The first-order valence-corrected chi connectivity index (χ1v) is 14.7. The molecule has 200 valence electrons. The van der Waals surface area contributed by atoms with Crippen LogP contribution >= 0.6 is 24.5 Å². The molecule has 0 unspecified atom stereocenters. The maximum Gasteiger partial charge on any atom is 0.327 e. The maximum absolute atomic E-state index is 13.3. The van der Waals surface area contributed by atoms with Gasteiger partial charge in [0.2, 0.25) is 0 Å². The van der Waals surface area contributed by atoms with Crippen LogP contribution in [-0.4, -0.2) is 57.4 Å². The second kappa shape index (κ2) is 12.9. The van der Waals surface area contributed by atoms with Crippen LogP contribution in [0.2, 0.25) is 0 Å². The molecule has 1 fully saturated rings. The Morgan fingerprint density at radius 3 is 2.58 bits per heavy atom. The van der Waals surface area contributed by atoms with Crippen LogP contribution in [-0.2, 0) is 32.2 Å². The largest absolute Gasteiger partial charge is 0.376 e. The van der Waals surface area contributed by atoms with Crippen LogP contribution in [0.3, 0.4) is 0 Å². The minimum absolute atomic E-state index is 0.181. The van der Waals surface area contributed by atoms with Crippen LogP contribution in [0.1, 0.15) is 26.3 Å². The lowest BCUT2D eigenvalue weighted by molar-refractivity contribution is -0.0397. The van der Waals surface area contributed by atoms with E-state index in [-0.39, 0.29) is 17.2 Å². The van der Waals surface area contributed by atoms with Gasteiger partial charge in [0, 0.05) is 18.6 Å². The molecule has 13 nitrogen and oxygen atoms in total. The Balaban J connectivity index is 1.65. The third-order valence-electron chi connectivity index (χ3n) is 5.78. The fourth-order valence-electron chi connectivity index (χ4n) is 3.92. The highest BCUT2D eigenvalue weighted by molar-refractivity contribution is 7.67. The molecular weight excluding hydrogens is 555 g/mol. The molecule has 0 aliphatic carbocycles. The van der Waals surface area contributed by atoms with Gasteiger partial charge in [-0.2, -0.15) is 0 Å². The Morgan fingerprint density at radius 1 is 1.21 bits per heavy atom. The van der Waals surface area contributed by atoms with Crippen LogP contribution in [0.25, 0.3) is 11.2 Å². The standard InChI is InChI=1S/C22H24N5O8P3/c1-14-16(8-9-38(31,12-33-36-29)13-34-37-30)35-22(18(14)32-2)27-11-25-17-19(23-10-24-20(17)27)26-21(28)15-6-4-3-5-7-15/h3-11,14,16,18,22H,12-13H2,1-2H3,(H,23,24,26,28)/b9-8+/t14-,16-,18-,22-/m1/s1/i8D,9D. The van der Waals surface area contributed by atoms with E-state index in [1.54, 1.807) is 41.8 Å². The highest BCUT2D eigenvalue weighted by Crippen LogP contribution is 2.50. The monoisotopic (exact) mass is 581 g/mol. The first-order valence-electron chi connectivity index (χ1n) is 12.1. The molecule has 0 bridgehead atoms. The van der Waals surface area contributed by atoms with Gasteiger partial charge in [-0.3, -0.25) is 18.4 Å². The Bertz CT molecular complexity index is 1460. The van der Waals surface area contributed by atoms with E-state index < -0.39 is 73.4 Å². The molecule has 3 heterocycles. The molecule has 4 atom stereocenters. The van der Waals surface area contributed by atoms with Gasteiger partial charge in [-0.15, -0.1) is 0 Å². The van der Waals surface area contributed by atoms with Crippen molar-refractivity contribution in [3.8, 4) is 0 Å². The van der Waals surface area contributed by atoms with Crippen LogP contribution in [0, 0.1) is 5.92 Å². The maximum atomic E-state index is 13.3. The van der Waals surface area contributed by atoms with Crippen molar-refractivity contribution in [2.45, 2.75) is 25.4 Å². The van der Waals surface area contributed by atoms with Gasteiger partial charge >= 0.3 is 17.4 Å². The molecule has 1 saturated heterocycles. The highest BCUT2D eigenvalue weighted by atomic mass is 31.2. The molecule has 1 amide bonds. The first kappa shape index (κ1) is 25.5. The van der Waals surface area contributed by atoms with E-state index in [9.17, 15) is 18.5 Å². The van der Waals surface area contributed by atoms with Crippen molar-refractivity contribution in [2.75, 3.05) is 25.1 Å². The number of fused-ring (bicyclic) bond motifs is 1. The number of nitrogens with one attached hydrogen (secondary N) is 1. The summed E-state index contributed by atoms with van der Waals surface area (Å²) in [6.07, 6.45) is -1.20. The third kappa shape index (κ3) is 6.27.